The highest BCUT2D eigenvalue weighted by atomic mass is 28.2. The van der Waals surface area contributed by atoms with Crippen molar-refractivity contribution in [3.8, 4) is 0 Å². The summed E-state index contributed by atoms with van der Waals surface area (Å²) in [6.45, 7) is 1.83. The lowest BCUT2D eigenvalue weighted by Gasteiger charge is -2.27. The molecule has 62 valence electrons. The Balaban J connectivity index is 3.94. The monoisotopic (exact) mass is 166 g/mol. The van der Waals surface area contributed by atoms with Crippen molar-refractivity contribution in [3.63, 3.8) is 0 Å². The Hall–Kier alpha value is 0.0569. The minimum Gasteiger partial charge on any atom is -0.398 e. The lowest BCUT2D eigenvalue weighted by molar-refractivity contribution is -0.276. The van der Waals surface area contributed by atoms with Crippen LogP contribution in [0.5, 0.6) is 0 Å². The van der Waals surface area contributed by atoms with Gasteiger partial charge in [-0.2, -0.15) is 0 Å². The van der Waals surface area contributed by atoms with Crippen LogP contribution in [0.15, 0.2) is 0 Å². The Bertz CT molecular complexity index is 97.6. The number of hydrogen-bond donors (Lipinski definition) is 3. The van der Waals surface area contributed by atoms with Crippen LogP contribution in [0.25, 0.3) is 0 Å². The van der Waals surface area contributed by atoms with Crippen LogP contribution in [0.2, 0.25) is 0 Å². The molecule has 0 aromatic rings. The molecule has 0 aliphatic heterocycles. The first-order valence-corrected chi connectivity index (χ1v) is 4.02. The standard InChI is InChI=1S/C5H14O4Si/c1-2-3-5(8,9-10)4(6)7/h4,6-8H,2-3H2,1,10H3. The molecule has 0 spiro atoms. The van der Waals surface area contributed by atoms with Crippen LogP contribution >= 0.6 is 0 Å². The van der Waals surface area contributed by atoms with E-state index in [1.54, 1.807) is 0 Å². The number of hydrogen-bond acceptors (Lipinski definition) is 4. The minimum absolute atomic E-state index is 0.244. The number of rotatable bonds is 4. The van der Waals surface area contributed by atoms with Gasteiger partial charge in [-0.25, -0.2) is 0 Å². The van der Waals surface area contributed by atoms with E-state index >= 15 is 0 Å². The summed E-state index contributed by atoms with van der Waals surface area (Å²) < 4.78 is 4.63. The second kappa shape index (κ2) is 4.04. The van der Waals surface area contributed by atoms with Crippen LogP contribution in [0.1, 0.15) is 19.8 Å². The summed E-state index contributed by atoms with van der Waals surface area (Å²) in [5, 5.41) is 26.4. The largest absolute Gasteiger partial charge is 0.398 e. The van der Waals surface area contributed by atoms with E-state index in [-0.39, 0.29) is 16.9 Å². The zero-order valence-electron chi connectivity index (χ0n) is 6.24. The molecule has 0 bridgehead atoms. The molecule has 0 aromatic carbocycles. The summed E-state index contributed by atoms with van der Waals surface area (Å²) >= 11 is 0. The molecular formula is C5H14O4Si. The number of aliphatic hydroxyl groups is 3. The van der Waals surface area contributed by atoms with Gasteiger partial charge in [-0.1, -0.05) is 13.3 Å². The van der Waals surface area contributed by atoms with Gasteiger partial charge in [0.2, 0.25) is 12.1 Å². The lowest BCUT2D eigenvalue weighted by atomic mass is 10.1. The highest BCUT2D eigenvalue weighted by Gasteiger charge is 2.32. The Morgan fingerprint density at radius 3 is 2.20 bits per heavy atom. The first kappa shape index (κ1) is 10.1. The van der Waals surface area contributed by atoms with Crippen molar-refractivity contribution in [1.82, 2.24) is 0 Å². The van der Waals surface area contributed by atoms with Crippen molar-refractivity contribution in [2.24, 2.45) is 0 Å². The van der Waals surface area contributed by atoms with E-state index in [1.165, 1.54) is 0 Å². The SMILES string of the molecule is CCCC(O)(O[SiH3])C(O)O. The molecule has 0 aromatic heterocycles. The second-order valence-corrected chi connectivity index (χ2v) is 2.58. The summed E-state index contributed by atoms with van der Waals surface area (Å²) in [7, 11) is 0.289. The zero-order chi connectivity index (χ0) is 8.20. The summed E-state index contributed by atoms with van der Waals surface area (Å²) in [5.41, 5.74) is 0. The van der Waals surface area contributed by atoms with E-state index in [4.69, 9.17) is 10.2 Å². The summed E-state index contributed by atoms with van der Waals surface area (Å²) in [5.74, 6) is -1.74. The normalized spacial score (nSPS) is 17.7. The van der Waals surface area contributed by atoms with E-state index in [0.717, 1.165) is 0 Å². The number of aliphatic hydroxyl groups excluding tert-OH is 1. The molecule has 1 atom stereocenters. The van der Waals surface area contributed by atoms with Crippen molar-refractivity contribution in [2.75, 3.05) is 0 Å². The molecule has 5 heteroatoms. The molecule has 3 N–H and O–H groups in total. The molecule has 0 rings (SSSR count). The molecular weight excluding hydrogens is 152 g/mol. The van der Waals surface area contributed by atoms with Crippen molar-refractivity contribution in [2.45, 2.75) is 31.8 Å². The van der Waals surface area contributed by atoms with Gasteiger partial charge < -0.3 is 19.7 Å². The molecule has 0 saturated carbocycles. The average molecular weight is 166 g/mol. The van der Waals surface area contributed by atoms with Gasteiger partial charge in [0.15, 0.2) is 0 Å². The molecule has 0 fully saturated rings. The smallest absolute Gasteiger partial charge is 0.207 e. The summed E-state index contributed by atoms with van der Waals surface area (Å²) in [6.07, 6.45) is -0.908. The van der Waals surface area contributed by atoms with Gasteiger partial charge in [0.05, 0.1) is 0 Å². The fourth-order valence-electron chi connectivity index (χ4n) is 0.695. The fraction of sp³-hybridized carbons (Fsp3) is 1.00. The van der Waals surface area contributed by atoms with Crippen molar-refractivity contribution < 1.29 is 19.7 Å². The van der Waals surface area contributed by atoms with E-state index in [9.17, 15) is 5.11 Å². The topological polar surface area (TPSA) is 69.9 Å². The van der Waals surface area contributed by atoms with Gasteiger partial charge in [-0.3, -0.25) is 0 Å². The Morgan fingerprint density at radius 2 is 2.10 bits per heavy atom. The van der Waals surface area contributed by atoms with E-state index in [2.05, 4.69) is 4.43 Å². The first-order chi connectivity index (χ1) is 4.56. The predicted octanol–water partition coefficient (Wildman–Crippen LogP) is -1.92. The molecule has 0 aliphatic rings. The van der Waals surface area contributed by atoms with Gasteiger partial charge in [-0.15, -0.1) is 0 Å². The summed E-state index contributed by atoms with van der Waals surface area (Å²) in [4.78, 5) is 0. The highest BCUT2D eigenvalue weighted by molar-refractivity contribution is 5.98. The summed E-state index contributed by atoms with van der Waals surface area (Å²) in [6, 6.07) is 0. The molecule has 1 unspecified atom stereocenters. The third-order valence-corrected chi connectivity index (χ3v) is 2.07. The Morgan fingerprint density at radius 1 is 1.60 bits per heavy atom. The lowest BCUT2D eigenvalue weighted by Crippen LogP contribution is -2.44. The minimum atomic E-state index is -1.80. The fourth-order valence-corrected chi connectivity index (χ4v) is 1.11. The van der Waals surface area contributed by atoms with Crippen LogP contribution in [0, 0.1) is 0 Å². The van der Waals surface area contributed by atoms with Crippen molar-refractivity contribution >= 4 is 10.5 Å². The van der Waals surface area contributed by atoms with Crippen molar-refractivity contribution in [3.05, 3.63) is 0 Å². The van der Waals surface area contributed by atoms with E-state index in [0.29, 0.717) is 6.42 Å². The predicted molar refractivity (Wildman–Crippen MR) is 39.1 cm³/mol. The van der Waals surface area contributed by atoms with Gasteiger partial charge in [-0.05, 0) is 0 Å². The third-order valence-electron chi connectivity index (χ3n) is 1.37. The first-order valence-electron chi connectivity index (χ1n) is 3.20. The molecule has 10 heavy (non-hydrogen) atoms. The van der Waals surface area contributed by atoms with Gasteiger partial charge >= 0.3 is 0 Å². The van der Waals surface area contributed by atoms with Crippen LogP contribution in [0.4, 0.5) is 0 Å². The molecule has 0 saturated heterocycles. The molecule has 0 aliphatic carbocycles. The average Bonchev–Trinajstić information content (AvgIpc) is 1.88. The van der Waals surface area contributed by atoms with Crippen LogP contribution < -0.4 is 0 Å². The van der Waals surface area contributed by atoms with E-state index < -0.39 is 12.1 Å². The van der Waals surface area contributed by atoms with Crippen LogP contribution in [-0.4, -0.2) is 37.9 Å². The van der Waals surface area contributed by atoms with E-state index in [1.807, 2.05) is 6.92 Å². The molecule has 4 nitrogen and oxygen atoms in total. The molecule has 0 amide bonds. The van der Waals surface area contributed by atoms with Crippen LogP contribution in [0.3, 0.4) is 0 Å². The third kappa shape index (κ3) is 2.35. The maximum atomic E-state index is 9.21. The highest BCUT2D eigenvalue weighted by Crippen LogP contribution is 2.15. The zero-order valence-corrected chi connectivity index (χ0v) is 8.24. The molecule has 0 heterocycles. The maximum Gasteiger partial charge on any atom is 0.207 e. The maximum absolute atomic E-state index is 9.21. The Labute approximate surface area is 63.0 Å². The van der Waals surface area contributed by atoms with Gasteiger partial charge in [0.25, 0.3) is 0 Å². The van der Waals surface area contributed by atoms with Gasteiger partial charge in [0.1, 0.15) is 10.5 Å². The molecule has 0 radical (unpaired) electrons. The van der Waals surface area contributed by atoms with Crippen LogP contribution in [-0.2, 0) is 4.43 Å². The van der Waals surface area contributed by atoms with Crippen molar-refractivity contribution in [1.29, 1.82) is 0 Å². The second-order valence-electron chi connectivity index (χ2n) is 2.17. The Kier molecular flexibility index (Phi) is 4.07. The quantitative estimate of drug-likeness (QED) is 0.336. The van der Waals surface area contributed by atoms with Gasteiger partial charge in [0, 0.05) is 6.42 Å².